The number of benzene rings is 2. The summed E-state index contributed by atoms with van der Waals surface area (Å²) >= 11 is 5.92. The highest BCUT2D eigenvalue weighted by molar-refractivity contribution is 6.30. The first-order valence-electron chi connectivity index (χ1n) is 8.31. The van der Waals surface area contributed by atoms with Gasteiger partial charge in [0.1, 0.15) is 5.69 Å². The van der Waals surface area contributed by atoms with E-state index in [1.165, 1.54) is 18.3 Å². The number of nitrogens with one attached hydrogen (secondary N) is 2. The van der Waals surface area contributed by atoms with E-state index in [-0.39, 0.29) is 11.3 Å². The number of rotatable bonds is 4. The number of amides is 2. The Morgan fingerprint density at radius 2 is 1.86 bits per heavy atom. The SMILES string of the molecule is Cc1cc(Cl)ccc1NC(=O)c1cc(C(=O)Nc2cccc(C#N)c2)ccn1. The van der Waals surface area contributed by atoms with Crippen LogP contribution >= 0.6 is 11.6 Å². The zero-order valence-corrected chi connectivity index (χ0v) is 15.6. The van der Waals surface area contributed by atoms with Crippen LogP contribution in [-0.2, 0) is 0 Å². The Labute approximate surface area is 166 Å². The molecule has 1 heterocycles. The molecule has 1 aromatic heterocycles. The summed E-state index contributed by atoms with van der Waals surface area (Å²) in [5.41, 5.74) is 2.73. The Balaban J connectivity index is 1.76. The Morgan fingerprint density at radius 1 is 1.04 bits per heavy atom. The van der Waals surface area contributed by atoms with Crippen LogP contribution in [0.25, 0.3) is 0 Å². The summed E-state index contributed by atoms with van der Waals surface area (Å²) in [5.74, 6) is -0.847. The number of hydrogen-bond donors (Lipinski definition) is 2. The van der Waals surface area contributed by atoms with Crippen molar-refractivity contribution in [2.24, 2.45) is 0 Å². The summed E-state index contributed by atoms with van der Waals surface area (Å²) in [7, 11) is 0. The second-order valence-corrected chi connectivity index (χ2v) is 6.43. The Hall–Kier alpha value is -3.69. The molecule has 0 spiro atoms. The molecule has 0 saturated carbocycles. The van der Waals surface area contributed by atoms with Crippen LogP contribution in [0.2, 0.25) is 5.02 Å². The number of carbonyl (C=O) groups excluding carboxylic acids is 2. The number of aromatic nitrogens is 1. The van der Waals surface area contributed by atoms with E-state index in [0.717, 1.165) is 5.56 Å². The minimum Gasteiger partial charge on any atom is -0.322 e. The molecular formula is C21H15ClN4O2. The fraction of sp³-hybridized carbons (Fsp3) is 0.0476. The van der Waals surface area contributed by atoms with Gasteiger partial charge in [0.15, 0.2) is 0 Å². The molecule has 138 valence electrons. The van der Waals surface area contributed by atoms with Crippen molar-refractivity contribution in [2.75, 3.05) is 10.6 Å². The number of hydrogen-bond acceptors (Lipinski definition) is 4. The number of anilines is 2. The van der Waals surface area contributed by atoms with Crippen LogP contribution in [0.3, 0.4) is 0 Å². The fourth-order valence-corrected chi connectivity index (χ4v) is 2.75. The molecule has 3 rings (SSSR count). The summed E-state index contributed by atoms with van der Waals surface area (Å²) < 4.78 is 0. The smallest absolute Gasteiger partial charge is 0.274 e. The second kappa shape index (κ2) is 8.33. The Bertz CT molecular complexity index is 1110. The topological polar surface area (TPSA) is 94.9 Å². The first-order valence-corrected chi connectivity index (χ1v) is 8.69. The molecule has 0 saturated heterocycles. The van der Waals surface area contributed by atoms with E-state index >= 15 is 0 Å². The van der Waals surface area contributed by atoms with Gasteiger partial charge < -0.3 is 10.6 Å². The van der Waals surface area contributed by atoms with Gasteiger partial charge in [0.2, 0.25) is 0 Å². The molecule has 2 N–H and O–H groups in total. The lowest BCUT2D eigenvalue weighted by molar-refractivity contribution is 0.102. The monoisotopic (exact) mass is 390 g/mol. The standard InChI is InChI=1S/C21H15ClN4O2/c1-13-9-16(22)5-6-18(13)26-21(28)19-11-15(7-8-24-19)20(27)25-17-4-2-3-14(10-17)12-23/h2-11H,1H3,(H,25,27)(H,26,28). The zero-order chi connectivity index (χ0) is 20.1. The van der Waals surface area contributed by atoms with Crippen molar-refractivity contribution in [2.45, 2.75) is 6.92 Å². The van der Waals surface area contributed by atoms with Gasteiger partial charge in [-0.15, -0.1) is 0 Å². The molecule has 0 aliphatic heterocycles. The van der Waals surface area contributed by atoms with Gasteiger partial charge in [-0.3, -0.25) is 14.6 Å². The molecule has 0 unspecified atom stereocenters. The molecule has 0 aliphatic rings. The third kappa shape index (κ3) is 4.53. The van der Waals surface area contributed by atoms with Gasteiger partial charge in [-0.05, 0) is 61.0 Å². The van der Waals surface area contributed by atoms with E-state index in [4.69, 9.17) is 16.9 Å². The summed E-state index contributed by atoms with van der Waals surface area (Å²) in [6.07, 6.45) is 1.39. The van der Waals surface area contributed by atoms with E-state index in [1.807, 2.05) is 13.0 Å². The van der Waals surface area contributed by atoms with E-state index in [1.54, 1.807) is 42.5 Å². The number of aryl methyl sites for hydroxylation is 1. The average molecular weight is 391 g/mol. The van der Waals surface area contributed by atoms with Crippen molar-refractivity contribution in [3.8, 4) is 6.07 Å². The van der Waals surface area contributed by atoms with Gasteiger partial charge in [0.05, 0.1) is 11.6 Å². The van der Waals surface area contributed by atoms with Gasteiger partial charge in [-0.1, -0.05) is 17.7 Å². The summed E-state index contributed by atoms with van der Waals surface area (Å²) in [6.45, 7) is 1.83. The molecule has 2 aromatic carbocycles. The number of pyridine rings is 1. The summed E-state index contributed by atoms with van der Waals surface area (Å²) in [5, 5.41) is 15.0. The largest absolute Gasteiger partial charge is 0.322 e. The maximum Gasteiger partial charge on any atom is 0.274 e. The van der Waals surface area contributed by atoms with Gasteiger partial charge >= 0.3 is 0 Å². The first kappa shape index (κ1) is 19.1. The quantitative estimate of drug-likeness (QED) is 0.689. The molecule has 7 heteroatoms. The number of carbonyl (C=O) groups is 2. The predicted octanol–water partition coefficient (Wildman–Crippen LogP) is 4.42. The minimum absolute atomic E-state index is 0.104. The van der Waals surface area contributed by atoms with Crippen LogP contribution in [0.5, 0.6) is 0 Å². The van der Waals surface area contributed by atoms with Crippen molar-refractivity contribution in [3.63, 3.8) is 0 Å². The van der Waals surface area contributed by atoms with E-state index in [2.05, 4.69) is 15.6 Å². The minimum atomic E-state index is -0.438. The van der Waals surface area contributed by atoms with Gasteiger partial charge in [-0.25, -0.2) is 0 Å². The fourth-order valence-electron chi connectivity index (χ4n) is 2.52. The van der Waals surface area contributed by atoms with E-state index in [0.29, 0.717) is 22.0 Å². The molecule has 0 atom stereocenters. The van der Waals surface area contributed by atoms with Gasteiger partial charge in [0.25, 0.3) is 11.8 Å². The van der Waals surface area contributed by atoms with Crippen LogP contribution < -0.4 is 10.6 Å². The summed E-state index contributed by atoms with van der Waals surface area (Å²) in [4.78, 5) is 29.0. The average Bonchev–Trinajstić information content (AvgIpc) is 2.70. The van der Waals surface area contributed by atoms with Crippen molar-refractivity contribution < 1.29 is 9.59 Å². The lowest BCUT2D eigenvalue weighted by Gasteiger charge is -2.09. The third-order valence-corrected chi connectivity index (χ3v) is 4.18. The van der Waals surface area contributed by atoms with Crippen LogP contribution in [0.1, 0.15) is 32.0 Å². The molecule has 3 aromatic rings. The van der Waals surface area contributed by atoms with Crippen molar-refractivity contribution in [3.05, 3.63) is 88.2 Å². The first-order chi connectivity index (χ1) is 13.5. The highest BCUT2D eigenvalue weighted by Gasteiger charge is 2.13. The lowest BCUT2D eigenvalue weighted by Crippen LogP contribution is -2.17. The van der Waals surface area contributed by atoms with Crippen molar-refractivity contribution >= 4 is 34.8 Å². The number of nitriles is 1. The highest BCUT2D eigenvalue weighted by Crippen LogP contribution is 2.20. The Morgan fingerprint density at radius 3 is 2.61 bits per heavy atom. The normalized spacial score (nSPS) is 10.0. The molecule has 0 aliphatic carbocycles. The molecule has 0 radical (unpaired) electrons. The highest BCUT2D eigenvalue weighted by atomic mass is 35.5. The summed E-state index contributed by atoms with van der Waals surface area (Å²) in [6, 6.07) is 16.6. The van der Waals surface area contributed by atoms with Crippen molar-refractivity contribution in [1.29, 1.82) is 5.26 Å². The van der Waals surface area contributed by atoms with Crippen LogP contribution in [0.15, 0.2) is 60.8 Å². The van der Waals surface area contributed by atoms with Crippen LogP contribution in [0.4, 0.5) is 11.4 Å². The molecule has 28 heavy (non-hydrogen) atoms. The maximum atomic E-state index is 12.5. The zero-order valence-electron chi connectivity index (χ0n) is 14.9. The molecule has 0 bridgehead atoms. The molecule has 0 fully saturated rings. The van der Waals surface area contributed by atoms with E-state index < -0.39 is 11.8 Å². The second-order valence-electron chi connectivity index (χ2n) is 5.99. The maximum absolute atomic E-state index is 12.5. The number of halogens is 1. The van der Waals surface area contributed by atoms with Gasteiger partial charge in [-0.2, -0.15) is 5.26 Å². The Kier molecular flexibility index (Phi) is 5.68. The predicted molar refractivity (Wildman–Crippen MR) is 107 cm³/mol. The molecule has 6 nitrogen and oxygen atoms in total. The van der Waals surface area contributed by atoms with Crippen molar-refractivity contribution in [1.82, 2.24) is 4.98 Å². The van der Waals surface area contributed by atoms with Gasteiger partial charge in [0, 0.05) is 28.2 Å². The van der Waals surface area contributed by atoms with Crippen LogP contribution in [0, 0.1) is 18.3 Å². The van der Waals surface area contributed by atoms with Crippen LogP contribution in [-0.4, -0.2) is 16.8 Å². The number of nitrogens with zero attached hydrogens (tertiary/aromatic N) is 2. The third-order valence-electron chi connectivity index (χ3n) is 3.94. The molecular weight excluding hydrogens is 376 g/mol. The van der Waals surface area contributed by atoms with E-state index in [9.17, 15) is 9.59 Å². The lowest BCUT2D eigenvalue weighted by atomic mass is 10.1. The molecule has 2 amide bonds.